The minimum atomic E-state index is -0.237. The average molecular weight is 448 g/mol. The Morgan fingerprint density at radius 2 is 2.00 bits per heavy atom. The van der Waals surface area contributed by atoms with Gasteiger partial charge in [-0.2, -0.15) is 5.06 Å². The van der Waals surface area contributed by atoms with Crippen LogP contribution in [0.15, 0.2) is 46.9 Å². The predicted octanol–water partition coefficient (Wildman–Crippen LogP) is 4.86. The monoisotopic (exact) mass is 447 g/mol. The van der Waals surface area contributed by atoms with Crippen LogP contribution in [0.5, 0.6) is 5.75 Å². The number of nitrogens with zero attached hydrogens (tertiary/aromatic N) is 1. The van der Waals surface area contributed by atoms with Crippen molar-refractivity contribution in [2.24, 2.45) is 0 Å². The van der Waals surface area contributed by atoms with E-state index in [4.69, 9.17) is 14.2 Å². The van der Waals surface area contributed by atoms with Crippen molar-refractivity contribution in [3.05, 3.63) is 63.6 Å². The van der Waals surface area contributed by atoms with E-state index in [2.05, 4.69) is 15.9 Å². The van der Waals surface area contributed by atoms with Crippen molar-refractivity contribution in [2.75, 3.05) is 20.3 Å². The second kappa shape index (κ2) is 8.51. The Labute approximate surface area is 174 Å². The first-order valence-electron chi connectivity index (χ1n) is 9.67. The first kappa shape index (κ1) is 19.9. The van der Waals surface area contributed by atoms with Crippen LogP contribution in [-0.4, -0.2) is 36.1 Å². The van der Waals surface area contributed by atoms with Crippen LogP contribution in [0.25, 0.3) is 0 Å². The predicted molar refractivity (Wildman–Crippen MR) is 109 cm³/mol. The van der Waals surface area contributed by atoms with Crippen LogP contribution in [0.2, 0.25) is 0 Å². The third-order valence-electron chi connectivity index (χ3n) is 5.79. The standard InChI is InChI=1S/C22H26BrNO4/c1-26-13-17-10-19(23)18(11-21(17)28-12-16-6-3-2-4-7-16)20-14-27-15-22(24(20)25)8-5-9-22/h2-4,6-7,10-11,20,25H,5,8-9,12-15H2,1H3. The highest BCUT2D eigenvalue weighted by Crippen LogP contribution is 2.46. The molecule has 5 nitrogen and oxygen atoms in total. The lowest BCUT2D eigenvalue weighted by molar-refractivity contribution is -0.282. The maximum absolute atomic E-state index is 11.0. The molecule has 1 aliphatic heterocycles. The van der Waals surface area contributed by atoms with Crippen molar-refractivity contribution >= 4 is 15.9 Å². The Balaban J connectivity index is 1.62. The van der Waals surface area contributed by atoms with E-state index < -0.39 is 0 Å². The van der Waals surface area contributed by atoms with Crippen molar-refractivity contribution < 1.29 is 19.4 Å². The van der Waals surface area contributed by atoms with E-state index in [0.29, 0.717) is 26.4 Å². The van der Waals surface area contributed by atoms with Gasteiger partial charge in [0.05, 0.1) is 31.4 Å². The molecule has 28 heavy (non-hydrogen) atoms. The maximum Gasteiger partial charge on any atom is 0.125 e. The van der Waals surface area contributed by atoms with Gasteiger partial charge in [0, 0.05) is 17.1 Å². The normalized spacial score (nSPS) is 21.5. The summed E-state index contributed by atoms with van der Waals surface area (Å²) in [4.78, 5) is 0. The van der Waals surface area contributed by atoms with E-state index in [9.17, 15) is 5.21 Å². The van der Waals surface area contributed by atoms with E-state index in [-0.39, 0.29) is 11.6 Å². The SMILES string of the molecule is COCc1cc(Br)c(C2COCC3(CCC3)N2O)cc1OCc1ccccc1. The zero-order valence-corrected chi connectivity index (χ0v) is 17.7. The van der Waals surface area contributed by atoms with Crippen molar-refractivity contribution in [3.8, 4) is 5.75 Å². The van der Waals surface area contributed by atoms with E-state index in [1.807, 2.05) is 42.5 Å². The molecule has 1 aliphatic carbocycles. The Hall–Kier alpha value is -1.44. The summed E-state index contributed by atoms with van der Waals surface area (Å²) in [7, 11) is 1.67. The highest BCUT2D eigenvalue weighted by molar-refractivity contribution is 9.10. The summed E-state index contributed by atoms with van der Waals surface area (Å²) in [5.74, 6) is 0.769. The van der Waals surface area contributed by atoms with Crippen LogP contribution in [0.1, 0.15) is 42.0 Å². The molecule has 1 spiro atoms. The van der Waals surface area contributed by atoms with Crippen LogP contribution >= 0.6 is 15.9 Å². The second-order valence-electron chi connectivity index (χ2n) is 7.64. The zero-order chi connectivity index (χ0) is 19.6. The van der Waals surface area contributed by atoms with E-state index in [1.54, 1.807) is 7.11 Å². The van der Waals surface area contributed by atoms with Gasteiger partial charge in [-0.1, -0.05) is 46.3 Å². The molecular formula is C22H26BrNO4. The third kappa shape index (κ3) is 3.84. The number of benzene rings is 2. The highest BCUT2D eigenvalue weighted by atomic mass is 79.9. The molecule has 150 valence electrons. The number of rotatable bonds is 6. The number of hydrogen-bond donors (Lipinski definition) is 1. The molecule has 1 saturated heterocycles. The van der Waals surface area contributed by atoms with Gasteiger partial charge in [-0.25, -0.2) is 0 Å². The lowest BCUT2D eigenvalue weighted by Gasteiger charge is -2.52. The van der Waals surface area contributed by atoms with Gasteiger partial charge in [0.1, 0.15) is 12.4 Å². The van der Waals surface area contributed by atoms with E-state index in [1.165, 1.54) is 5.06 Å². The van der Waals surface area contributed by atoms with Crippen molar-refractivity contribution in [3.63, 3.8) is 0 Å². The number of hydroxylamine groups is 2. The first-order valence-corrected chi connectivity index (χ1v) is 10.5. The van der Waals surface area contributed by atoms with Gasteiger partial charge in [-0.3, -0.25) is 0 Å². The molecule has 2 fully saturated rings. The molecule has 1 heterocycles. The van der Waals surface area contributed by atoms with Crippen molar-refractivity contribution in [2.45, 2.75) is 44.1 Å². The molecule has 0 radical (unpaired) electrons. The zero-order valence-electron chi connectivity index (χ0n) is 16.1. The fraction of sp³-hybridized carbons (Fsp3) is 0.455. The topological polar surface area (TPSA) is 51.2 Å². The van der Waals surface area contributed by atoms with Gasteiger partial charge in [0.15, 0.2) is 0 Å². The largest absolute Gasteiger partial charge is 0.489 e. The summed E-state index contributed by atoms with van der Waals surface area (Å²) in [5.41, 5.74) is 2.80. The highest BCUT2D eigenvalue weighted by Gasteiger charge is 2.49. The maximum atomic E-state index is 11.0. The summed E-state index contributed by atoms with van der Waals surface area (Å²) < 4.78 is 18.3. The van der Waals surface area contributed by atoms with Gasteiger partial charge in [0.2, 0.25) is 0 Å². The van der Waals surface area contributed by atoms with Crippen LogP contribution in [-0.2, 0) is 22.7 Å². The summed E-state index contributed by atoms with van der Waals surface area (Å²) >= 11 is 3.68. The molecule has 1 N–H and O–H groups in total. The molecule has 2 aliphatic rings. The molecule has 0 amide bonds. The van der Waals surface area contributed by atoms with E-state index >= 15 is 0 Å². The summed E-state index contributed by atoms with van der Waals surface area (Å²) in [6.45, 7) is 1.98. The molecule has 6 heteroatoms. The van der Waals surface area contributed by atoms with Gasteiger partial charge in [-0.05, 0) is 42.5 Å². The molecule has 0 aromatic heterocycles. The molecule has 1 saturated carbocycles. The summed E-state index contributed by atoms with van der Waals surface area (Å²) in [6, 6.07) is 13.9. The van der Waals surface area contributed by atoms with Gasteiger partial charge in [0.25, 0.3) is 0 Å². The Morgan fingerprint density at radius 1 is 1.21 bits per heavy atom. The molecular weight excluding hydrogens is 422 g/mol. The van der Waals surface area contributed by atoms with Crippen LogP contribution in [0, 0.1) is 0 Å². The Morgan fingerprint density at radius 3 is 2.68 bits per heavy atom. The van der Waals surface area contributed by atoms with Gasteiger partial charge < -0.3 is 19.4 Å². The second-order valence-corrected chi connectivity index (χ2v) is 8.50. The lowest BCUT2D eigenvalue weighted by atomic mass is 9.75. The summed E-state index contributed by atoms with van der Waals surface area (Å²) in [5, 5.41) is 12.5. The lowest BCUT2D eigenvalue weighted by Crippen LogP contribution is -2.60. The summed E-state index contributed by atoms with van der Waals surface area (Å²) in [6.07, 6.45) is 3.07. The third-order valence-corrected chi connectivity index (χ3v) is 6.47. The fourth-order valence-electron chi connectivity index (χ4n) is 4.01. The first-order chi connectivity index (χ1) is 13.6. The molecule has 0 bridgehead atoms. The molecule has 2 aromatic rings. The minimum Gasteiger partial charge on any atom is -0.489 e. The average Bonchev–Trinajstić information content (AvgIpc) is 2.68. The van der Waals surface area contributed by atoms with Gasteiger partial charge in [-0.15, -0.1) is 0 Å². The van der Waals surface area contributed by atoms with Crippen molar-refractivity contribution in [1.29, 1.82) is 0 Å². The van der Waals surface area contributed by atoms with Crippen LogP contribution < -0.4 is 4.74 Å². The number of morpholine rings is 1. The minimum absolute atomic E-state index is 0.223. The quantitative estimate of drug-likeness (QED) is 0.684. The van der Waals surface area contributed by atoms with Gasteiger partial charge >= 0.3 is 0 Å². The smallest absolute Gasteiger partial charge is 0.125 e. The molecule has 4 rings (SSSR count). The Bertz CT molecular complexity index is 810. The number of methoxy groups -OCH3 is 1. The Kier molecular flexibility index (Phi) is 6.04. The number of hydrogen-bond acceptors (Lipinski definition) is 5. The van der Waals surface area contributed by atoms with E-state index in [0.717, 1.165) is 46.2 Å². The van der Waals surface area contributed by atoms with Crippen LogP contribution in [0.4, 0.5) is 0 Å². The van der Waals surface area contributed by atoms with Crippen molar-refractivity contribution in [1.82, 2.24) is 5.06 Å². The fourth-order valence-corrected chi connectivity index (χ4v) is 4.67. The molecule has 1 atom stereocenters. The number of halogens is 1. The number of ether oxygens (including phenoxy) is 3. The van der Waals surface area contributed by atoms with Crippen LogP contribution in [0.3, 0.4) is 0 Å². The molecule has 2 aromatic carbocycles. The molecule has 1 unspecified atom stereocenters.